The highest BCUT2D eigenvalue weighted by molar-refractivity contribution is 7.13. The molecular weight excluding hydrogens is 857 g/mol. The van der Waals surface area contributed by atoms with Crippen LogP contribution in [0.4, 0.5) is 5.69 Å². The lowest BCUT2D eigenvalue weighted by Crippen LogP contribution is -2.57. The zero-order chi connectivity index (χ0) is 46.6. The molecule has 5 N–H and O–H groups in total. The maximum absolute atomic E-state index is 14.0. The molecule has 1 saturated heterocycles. The Labute approximate surface area is 390 Å². The Morgan fingerprint density at radius 2 is 1.74 bits per heavy atom. The van der Waals surface area contributed by atoms with Gasteiger partial charge in [0, 0.05) is 31.8 Å². The maximum Gasteiger partial charge on any atom is 0.274 e. The monoisotopic (exact) mass is 918 g/mol. The topological polar surface area (TPSA) is 201 Å². The van der Waals surface area contributed by atoms with Crippen LogP contribution in [-0.4, -0.2) is 91.2 Å². The number of ether oxygens (including phenoxy) is 2. The Morgan fingerprint density at radius 3 is 2.47 bits per heavy atom. The molecule has 350 valence electrons. The summed E-state index contributed by atoms with van der Waals surface area (Å²) in [6.45, 7) is 9.04. The van der Waals surface area contributed by atoms with Crippen molar-refractivity contribution in [1.29, 1.82) is 0 Å². The van der Waals surface area contributed by atoms with Gasteiger partial charge in [-0.3, -0.25) is 24.3 Å². The first-order valence-corrected chi connectivity index (χ1v) is 24.0. The Kier molecular flexibility index (Phi) is 16.2. The first kappa shape index (κ1) is 47.8. The van der Waals surface area contributed by atoms with Gasteiger partial charge in [0.1, 0.15) is 29.3 Å². The number of aromatic nitrogens is 4. The minimum absolute atomic E-state index is 0.112. The first-order chi connectivity index (χ1) is 31.8. The van der Waals surface area contributed by atoms with E-state index in [0.29, 0.717) is 93.2 Å². The summed E-state index contributed by atoms with van der Waals surface area (Å²) in [4.78, 5) is 65.7. The number of nitrogens with one attached hydrogen (secondary N) is 4. The number of aliphatic hydroxyl groups excluding tert-OH is 1. The number of benzene rings is 2. The van der Waals surface area contributed by atoms with E-state index in [4.69, 9.17) is 9.47 Å². The quantitative estimate of drug-likeness (QED) is 0.0506. The second-order valence-electron chi connectivity index (χ2n) is 18.3. The molecule has 4 amide bonds. The minimum atomic E-state index is -0.775. The zero-order valence-corrected chi connectivity index (χ0v) is 39.1. The van der Waals surface area contributed by atoms with Crippen LogP contribution in [0.2, 0.25) is 0 Å². The van der Waals surface area contributed by atoms with Gasteiger partial charge in [0.05, 0.1) is 52.0 Å². The molecule has 0 spiro atoms. The van der Waals surface area contributed by atoms with Crippen LogP contribution in [0.1, 0.15) is 113 Å². The van der Waals surface area contributed by atoms with Gasteiger partial charge in [-0.25, -0.2) is 9.97 Å². The number of H-pyrrole nitrogens is 1. The molecular formula is C50H62N8O7S. The van der Waals surface area contributed by atoms with Crippen molar-refractivity contribution < 1.29 is 33.8 Å². The number of carbonyl (C=O) groups excluding carboxylic acids is 4. The molecule has 15 nitrogen and oxygen atoms in total. The van der Waals surface area contributed by atoms with Crippen LogP contribution in [0.25, 0.3) is 21.8 Å². The number of aliphatic hydroxyl groups is 1. The standard InChI is InChI=1S/C50H62N8O7S/c1-32-45(66-31-52-32)34-17-15-33(16-18-34)30-51-48(62)42-13-10-27-58(42)49(63)46(50(2,3)4)56-44(60)14-7-5-6-8-28-64-37-23-24-40(43(29-37)65-36-21-19-35(59)20-22-36)55-47(61)41-12-9-11-38(54-41)39-25-26-53-57-39/h9,11-12,15-18,23-26,29,31,35-36,42,46,59H,5-8,10,13-14,19-22,27-28,30H2,1-4H3,(H,51,62)(H,53,57)(H,55,61)(H,56,60)/t35-,36-,42-,46+/m0/s1. The SMILES string of the molecule is Cc1ncsc1-c1ccc(CNC(=O)[C@@H]2CCCN2C(=O)[C@@H](NC(=O)CCCCCCOc2ccc(NC(=O)c3cccc(-c4ccn[nH]4)n3)c(O[C@H]3CC[C@H](O)CC3)c2)C(C)(C)C)cc1. The van der Waals surface area contributed by atoms with E-state index < -0.39 is 17.5 Å². The fourth-order valence-electron chi connectivity index (χ4n) is 8.37. The van der Waals surface area contributed by atoms with E-state index in [1.165, 1.54) is 0 Å². The lowest BCUT2D eigenvalue weighted by molar-refractivity contribution is -0.143. The fourth-order valence-corrected chi connectivity index (χ4v) is 9.19. The number of amides is 4. The molecule has 16 heteroatoms. The van der Waals surface area contributed by atoms with E-state index in [1.54, 1.807) is 64.9 Å². The second-order valence-corrected chi connectivity index (χ2v) is 19.1. The molecule has 2 aromatic carbocycles. The average Bonchev–Trinajstić information content (AvgIpc) is 4.12. The average molecular weight is 919 g/mol. The molecule has 3 aromatic heterocycles. The summed E-state index contributed by atoms with van der Waals surface area (Å²) in [6.07, 6.45) is 8.48. The van der Waals surface area contributed by atoms with Gasteiger partial charge in [0.25, 0.3) is 5.91 Å². The van der Waals surface area contributed by atoms with Crippen molar-refractivity contribution in [3.63, 3.8) is 0 Å². The Balaban J connectivity index is 0.855. The third-order valence-electron chi connectivity index (χ3n) is 12.1. The number of anilines is 1. The van der Waals surface area contributed by atoms with Crippen LogP contribution in [-0.2, 0) is 20.9 Å². The normalized spacial score (nSPS) is 17.8. The highest BCUT2D eigenvalue weighted by Crippen LogP contribution is 2.34. The highest BCUT2D eigenvalue weighted by atomic mass is 32.1. The molecule has 1 saturated carbocycles. The summed E-state index contributed by atoms with van der Waals surface area (Å²) in [5.41, 5.74) is 6.34. The fraction of sp³-hybridized carbons (Fsp3) is 0.460. The Bertz CT molecular complexity index is 2410. The molecule has 2 aliphatic rings. The van der Waals surface area contributed by atoms with Gasteiger partial charge in [0.15, 0.2) is 0 Å². The third kappa shape index (κ3) is 12.8. The summed E-state index contributed by atoms with van der Waals surface area (Å²) >= 11 is 1.60. The van der Waals surface area contributed by atoms with Crippen molar-refractivity contribution in [3.05, 3.63) is 95.4 Å². The Hall–Kier alpha value is -6.13. The molecule has 2 atom stereocenters. The van der Waals surface area contributed by atoms with Crippen molar-refractivity contribution in [2.75, 3.05) is 18.5 Å². The second kappa shape index (κ2) is 22.4. The van der Waals surface area contributed by atoms with Gasteiger partial charge in [-0.15, -0.1) is 11.3 Å². The first-order valence-electron chi connectivity index (χ1n) is 23.1. The minimum Gasteiger partial charge on any atom is -0.493 e. The van der Waals surface area contributed by atoms with Crippen LogP contribution >= 0.6 is 11.3 Å². The lowest BCUT2D eigenvalue weighted by Gasteiger charge is -2.35. The number of carbonyl (C=O) groups is 4. The summed E-state index contributed by atoms with van der Waals surface area (Å²) in [5, 5.41) is 25.9. The zero-order valence-electron chi connectivity index (χ0n) is 38.3. The molecule has 1 aliphatic heterocycles. The van der Waals surface area contributed by atoms with Crippen LogP contribution in [0.3, 0.4) is 0 Å². The number of unbranched alkanes of at least 4 members (excludes halogenated alkanes) is 3. The number of hydrogen-bond donors (Lipinski definition) is 5. The largest absolute Gasteiger partial charge is 0.493 e. The smallest absolute Gasteiger partial charge is 0.274 e. The summed E-state index contributed by atoms with van der Waals surface area (Å²) < 4.78 is 12.5. The molecule has 4 heterocycles. The van der Waals surface area contributed by atoms with Crippen molar-refractivity contribution in [2.24, 2.45) is 5.41 Å². The van der Waals surface area contributed by atoms with Gasteiger partial charge >= 0.3 is 0 Å². The van der Waals surface area contributed by atoms with Crippen molar-refractivity contribution in [1.82, 2.24) is 35.7 Å². The number of rotatable bonds is 19. The number of nitrogens with zero attached hydrogens (tertiary/aromatic N) is 4. The van der Waals surface area contributed by atoms with Crippen molar-refractivity contribution >= 4 is 40.7 Å². The van der Waals surface area contributed by atoms with Gasteiger partial charge < -0.3 is 35.4 Å². The summed E-state index contributed by atoms with van der Waals surface area (Å²) in [7, 11) is 0. The number of thiazole rings is 1. The van der Waals surface area contributed by atoms with Gasteiger partial charge in [-0.1, -0.05) is 63.9 Å². The van der Waals surface area contributed by atoms with Crippen LogP contribution < -0.4 is 25.4 Å². The number of pyridine rings is 1. The van der Waals surface area contributed by atoms with Gasteiger partial charge in [0.2, 0.25) is 17.7 Å². The Morgan fingerprint density at radius 1 is 0.955 bits per heavy atom. The molecule has 0 unspecified atom stereocenters. The van der Waals surface area contributed by atoms with E-state index in [0.717, 1.165) is 41.0 Å². The number of hydrogen-bond acceptors (Lipinski definition) is 11. The van der Waals surface area contributed by atoms with Crippen LogP contribution in [0, 0.1) is 12.3 Å². The van der Waals surface area contributed by atoms with Crippen molar-refractivity contribution in [3.8, 4) is 33.3 Å². The predicted octanol–water partition coefficient (Wildman–Crippen LogP) is 8.01. The van der Waals surface area contributed by atoms with E-state index in [2.05, 4.69) is 36.1 Å². The molecule has 5 aromatic rings. The molecule has 2 fully saturated rings. The predicted molar refractivity (Wildman–Crippen MR) is 254 cm³/mol. The molecule has 0 radical (unpaired) electrons. The van der Waals surface area contributed by atoms with Crippen molar-refractivity contribution in [2.45, 2.75) is 129 Å². The summed E-state index contributed by atoms with van der Waals surface area (Å²) in [6, 6.07) is 19.0. The maximum atomic E-state index is 14.0. The summed E-state index contributed by atoms with van der Waals surface area (Å²) in [5.74, 6) is 0.0778. The lowest BCUT2D eigenvalue weighted by atomic mass is 9.85. The van der Waals surface area contributed by atoms with E-state index >= 15 is 0 Å². The number of aromatic amines is 1. The molecule has 0 bridgehead atoms. The van der Waals surface area contributed by atoms with Crippen LogP contribution in [0.15, 0.2) is 78.4 Å². The van der Waals surface area contributed by atoms with E-state index in [-0.39, 0.29) is 48.0 Å². The van der Waals surface area contributed by atoms with E-state index in [9.17, 15) is 24.3 Å². The van der Waals surface area contributed by atoms with Gasteiger partial charge in [-0.2, -0.15) is 5.10 Å². The van der Waals surface area contributed by atoms with Crippen LogP contribution in [0.5, 0.6) is 11.5 Å². The number of aryl methyl sites for hydroxylation is 1. The van der Waals surface area contributed by atoms with E-state index in [1.807, 2.05) is 57.5 Å². The molecule has 1 aliphatic carbocycles. The van der Waals surface area contributed by atoms with Gasteiger partial charge in [-0.05, 0) is 105 Å². The molecule has 66 heavy (non-hydrogen) atoms. The third-order valence-corrected chi connectivity index (χ3v) is 13.1. The number of likely N-dealkylation sites (tertiary alicyclic amines) is 1. The molecule has 7 rings (SSSR count). The highest BCUT2D eigenvalue weighted by Gasteiger charge is 2.41.